The highest BCUT2D eigenvalue weighted by Crippen LogP contribution is 2.59. The van der Waals surface area contributed by atoms with E-state index >= 15 is 0 Å². The van der Waals surface area contributed by atoms with Gasteiger partial charge >= 0.3 is 5.97 Å². The van der Waals surface area contributed by atoms with Crippen molar-refractivity contribution in [2.24, 2.45) is 23.2 Å². The van der Waals surface area contributed by atoms with E-state index in [0.717, 1.165) is 0 Å². The Balaban J connectivity index is 2.05. The van der Waals surface area contributed by atoms with Gasteiger partial charge < -0.3 is 14.3 Å². The summed E-state index contributed by atoms with van der Waals surface area (Å²) in [6.45, 7) is 20.2. The number of fused-ring (bicyclic) bond motifs is 1. The van der Waals surface area contributed by atoms with Crippen molar-refractivity contribution >= 4 is 14.3 Å². The minimum Gasteiger partial charge on any atom is -0.466 e. The molecule has 0 bridgehead atoms. The van der Waals surface area contributed by atoms with Gasteiger partial charge in [-0.2, -0.15) is 0 Å². The number of aliphatic hydroxyl groups excluding tert-OH is 1. The Labute approximate surface area is 185 Å². The van der Waals surface area contributed by atoms with Gasteiger partial charge in [0.05, 0.1) is 13.2 Å². The molecule has 2 aliphatic carbocycles. The highest BCUT2D eigenvalue weighted by molar-refractivity contribution is 6.74. The Bertz CT molecular complexity index is 623. The number of carbonyl (C=O) groups is 1. The third-order valence-electron chi connectivity index (χ3n) is 8.67. The van der Waals surface area contributed by atoms with Gasteiger partial charge in [-0.1, -0.05) is 47.6 Å². The molecule has 0 spiro atoms. The molecule has 174 valence electrons. The first-order chi connectivity index (χ1) is 13.7. The zero-order valence-corrected chi connectivity index (χ0v) is 21.7. The molecule has 2 rings (SSSR count). The molecule has 4 nitrogen and oxygen atoms in total. The number of esters is 1. The largest absolute Gasteiger partial charge is 0.466 e. The van der Waals surface area contributed by atoms with Crippen molar-refractivity contribution in [2.45, 2.75) is 110 Å². The van der Waals surface area contributed by atoms with Gasteiger partial charge in [0.1, 0.15) is 0 Å². The molecule has 2 aliphatic rings. The number of hydrogen-bond acceptors (Lipinski definition) is 4. The monoisotopic (exact) mass is 438 g/mol. The predicted octanol–water partition coefficient (Wildman–Crippen LogP) is 6.10. The second kappa shape index (κ2) is 9.46. The van der Waals surface area contributed by atoms with E-state index in [1.54, 1.807) is 0 Å². The first kappa shape index (κ1) is 25.6. The summed E-state index contributed by atoms with van der Waals surface area (Å²) in [5.41, 5.74) is 0.636. The van der Waals surface area contributed by atoms with Crippen LogP contribution in [0.25, 0.3) is 0 Å². The molecule has 0 aromatic rings. The van der Waals surface area contributed by atoms with Crippen molar-refractivity contribution in [3.05, 3.63) is 12.2 Å². The van der Waals surface area contributed by atoms with Crippen molar-refractivity contribution < 1.29 is 19.1 Å². The third-order valence-corrected chi connectivity index (χ3v) is 13.2. The molecular weight excluding hydrogens is 392 g/mol. The molecule has 5 heteroatoms. The van der Waals surface area contributed by atoms with Gasteiger partial charge in [0, 0.05) is 18.1 Å². The quantitative estimate of drug-likeness (QED) is 0.283. The highest BCUT2D eigenvalue weighted by Gasteiger charge is 2.54. The van der Waals surface area contributed by atoms with E-state index in [-0.39, 0.29) is 10.5 Å². The SMILES string of the molecule is C=C(C[C@H](O)C[C@@H](C)[C@H]1CCC2C(O[Si](C)(C)C(C)(C)C)CCC[C@@]21C)C(=O)OC. The fourth-order valence-corrected chi connectivity index (χ4v) is 7.37. The Morgan fingerprint density at radius 2 is 1.90 bits per heavy atom. The summed E-state index contributed by atoms with van der Waals surface area (Å²) in [6, 6.07) is 0. The van der Waals surface area contributed by atoms with E-state index in [2.05, 4.69) is 54.3 Å². The molecule has 0 aromatic heterocycles. The molecule has 0 saturated heterocycles. The molecule has 2 unspecified atom stereocenters. The Morgan fingerprint density at radius 3 is 2.47 bits per heavy atom. The van der Waals surface area contributed by atoms with Crippen LogP contribution in [0.4, 0.5) is 0 Å². The van der Waals surface area contributed by atoms with Gasteiger partial charge in [-0.15, -0.1) is 0 Å². The zero-order chi connectivity index (χ0) is 22.9. The number of carbonyl (C=O) groups excluding carboxylic acids is 1. The van der Waals surface area contributed by atoms with E-state index in [1.165, 1.54) is 39.2 Å². The van der Waals surface area contributed by atoms with E-state index < -0.39 is 20.4 Å². The molecule has 0 aliphatic heterocycles. The van der Waals surface area contributed by atoms with Crippen LogP contribution in [-0.2, 0) is 14.0 Å². The van der Waals surface area contributed by atoms with Crippen LogP contribution in [0.2, 0.25) is 18.1 Å². The zero-order valence-electron chi connectivity index (χ0n) is 20.7. The van der Waals surface area contributed by atoms with Crippen LogP contribution in [0.3, 0.4) is 0 Å². The molecule has 0 aromatic carbocycles. The third kappa shape index (κ3) is 5.39. The second-order valence-corrected chi connectivity index (χ2v) is 16.5. The normalized spacial score (nSPS) is 31.7. The van der Waals surface area contributed by atoms with E-state index in [0.29, 0.717) is 42.3 Å². The average Bonchev–Trinajstić information content (AvgIpc) is 2.97. The van der Waals surface area contributed by atoms with Crippen molar-refractivity contribution in [3.8, 4) is 0 Å². The summed E-state index contributed by atoms with van der Waals surface area (Å²) in [5, 5.41) is 10.8. The Morgan fingerprint density at radius 1 is 1.27 bits per heavy atom. The fourth-order valence-electron chi connectivity index (χ4n) is 5.98. The van der Waals surface area contributed by atoms with Crippen molar-refractivity contribution in [3.63, 3.8) is 0 Å². The molecule has 0 radical (unpaired) electrons. The lowest BCUT2D eigenvalue weighted by molar-refractivity contribution is -0.136. The van der Waals surface area contributed by atoms with E-state index in [4.69, 9.17) is 9.16 Å². The first-order valence-corrected chi connectivity index (χ1v) is 14.8. The number of methoxy groups -OCH3 is 1. The van der Waals surface area contributed by atoms with Gasteiger partial charge in [0.25, 0.3) is 0 Å². The first-order valence-electron chi connectivity index (χ1n) is 11.8. The maximum absolute atomic E-state index is 11.6. The number of ether oxygens (including phenoxy) is 1. The summed E-state index contributed by atoms with van der Waals surface area (Å²) in [7, 11) is -0.432. The molecule has 2 fully saturated rings. The molecular formula is C25H46O4Si. The summed E-state index contributed by atoms with van der Waals surface area (Å²) in [6.07, 6.45) is 6.96. The standard InChI is InChI=1S/C25H46O4Si/c1-17(15-19(26)16-18(2)23(27)28-7)20-12-13-21-22(11-10-14-25(20,21)6)29-30(8,9)24(3,4)5/h17,19-22,26H,2,10-16H2,1,3-9H3/t17-,19-,20-,21?,22?,25-/m1/s1. The Hall–Kier alpha value is -0.653. The molecule has 2 saturated carbocycles. The van der Waals surface area contributed by atoms with Gasteiger partial charge in [-0.3, -0.25) is 0 Å². The maximum atomic E-state index is 11.6. The van der Waals surface area contributed by atoms with Crippen molar-refractivity contribution in [1.82, 2.24) is 0 Å². The number of hydrogen-bond donors (Lipinski definition) is 1. The van der Waals surface area contributed by atoms with Crippen LogP contribution in [-0.4, -0.2) is 38.7 Å². The number of aliphatic hydroxyl groups is 1. The van der Waals surface area contributed by atoms with Crippen LogP contribution in [0.5, 0.6) is 0 Å². The summed E-state index contributed by atoms with van der Waals surface area (Å²) in [5.74, 6) is 1.20. The van der Waals surface area contributed by atoms with Crippen LogP contribution in [0, 0.1) is 23.2 Å². The summed E-state index contributed by atoms with van der Waals surface area (Å²) >= 11 is 0. The van der Waals surface area contributed by atoms with Crippen LogP contribution < -0.4 is 0 Å². The molecule has 6 atom stereocenters. The van der Waals surface area contributed by atoms with Crippen LogP contribution >= 0.6 is 0 Å². The topological polar surface area (TPSA) is 55.8 Å². The van der Waals surface area contributed by atoms with Gasteiger partial charge in [-0.25, -0.2) is 4.79 Å². The van der Waals surface area contributed by atoms with Crippen LogP contribution in [0.1, 0.15) is 79.6 Å². The van der Waals surface area contributed by atoms with Crippen molar-refractivity contribution in [1.29, 1.82) is 0 Å². The summed E-state index contributed by atoms with van der Waals surface area (Å²) in [4.78, 5) is 11.6. The van der Waals surface area contributed by atoms with Gasteiger partial charge in [0.15, 0.2) is 8.32 Å². The van der Waals surface area contributed by atoms with E-state index in [9.17, 15) is 9.90 Å². The lowest BCUT2D eigenvalue weighted by Gasteiger charge is -2.50. The van der Waals surface area contributed by atoms with Gasteiger partial charge in [0.2, 0.25) is 0 Å². The molecule has 0 amide bonds. The summed E-state index contributed by atoms with van der Waals surface area (Å²) < 4.78 is 11.7. The lowest BCUT2D eigenvalue weighted by Crippen LogP contribution is -2.50. The molecule has 30 heavy (non-hydrogen) atoms. The predicted molar refractivity (Wildman–Crippen MR) is 126 cm³/mol. The molecule has 0 heterocycles. The van der Waals surface area contributed by atoms with Gasteiger partial charge in [-0.05, 0) is 73.4 Å². The maximum Gasteiger partial charge on any atom is 0.333 e. The average molecular weight is 439 g/mol. The highest BCUT2D eigenvalue weighted by atomic mass is 28.4. The second-order valence-electron chi connectivity index (χ2n) is 11.8. The molecule has 1 N–H and O–H groups in total. The van der Waals surface area contributed by atoms with Crippen molar-refractivity contribution in [2.75, 3.05) is 7.11 Å². The smallest absolute Gasteiger partial charge is 0.333 e. The minimum absolute atomic E-state index is 0.234. The lowest BCUT2D eigenvalue weighted by atomic mass is 9.61. The fraction of sp³-hybridized carbons (Fsp3) is 0.880. The number of rotatable bonds is 8. The van der Waals surface area contributed by atoms with E-state index in [1.807, 2.05) is 0 Å². The van der Waals surface area contributed by atoms with Crippen LogP contribution in [0.15, 0.2) is 12.2 Å². The Kier molecular flexibility index (Phi) is 8.07. The minimum atomic E-state index is -1.79.